The van der Waals surface area contributed by atoms with Gasteiger partial charge in [-0.25, -0.2) is 0 Å². The number of benzene rings is 4. The van der Waals surface area contributed by atoms with E-state index in [1.54, 1.807) is 6.08 Å². The van der Waals surface area contributed by atoms with Crippen LogP contribution in [0.3, 0.4) is 0 Å². The first-order valence-corrected chi connectivity index (χ1v) is 13.2. The van der Waals surface area contributed by atoms with Crippen LogP contribution in [0.15, 0.2) is 91.5 Å². The summed E-state index contributed by atoms with van der Waals surface area (Å²) in [5.41, 5.74) is 3.93. The number of allylic oxidation sites excluding steroid dienone is 1. The molecule has 0 amide bonds. The predicted octanol–water partition coefficient (Wildman–Crippen LogP) is 9.10. The maximum Gasteiger partial charge on any atom is 0.327 e. The minimum Gasteiger partial charge on any atom is -0.426 e. The first-order chi connectivity index (χ1) is 16.7. The van der Waals surface area contributed by atoms with Crippen molar-refractivity contribution >= 4 is 54.7 Å². The number of rotatable bonds is 2. The van der Waals surface area contributed by atoms with Crippen molar-refractivity contribution in [2.45, 2.75) is 46.5 Å². The zero-order chi connectivity index (χ0) is 24.8. The second kappa shape index (κ2) is 8.97. The molecule has 0 aliphatic carbocycles. The van der Waals surface area contributed by atoms with Gasteiger partial charge in [-0.1, -0.05) is 86.7 Å². The van der Waals surface area contributed by atoms with E-state index in [1.165, 1.54) is 47.5 Å². The third kappa shape index (κ3) is 4.22. The Balaban J connectivity index is 0.000000806. The van der Waals surface area contributed by atoms with E-state index < -0.39 is 0 Å². The summed E-state index contributed by atoms with van der Waals surface area (Å²) in [5, 5.41) is 5.28. The summed E-state index contributed by atoms with van der Waals surface area (Å²) < 4.78 is 9.19. The minimum absolute atomic E-state index is 0.114. The molecule has 0 unspecified atom stereocenters. The highest BCUT2D eigenvalue weighted by Crippen LogP contribution is 2.45. The molecule has 1 saturated heterocycles. The van der Waals surface area contributed by atoms with Gasteiger partial charge in [-0.05, 0) is 77.4 Å². The van der Waals surface area contributed by atoms with E-state index in [0.717, 1.165) is 6.32 Å². The maximum atomic E-state index is 6.51. The first-order valence-electron chi connectivity index (χ1n) is 12.4. The van der Waals surface area contributed by atoms with Crippen molar-refractivity contribution in [1.82, 2.24) is 0 Å². The van der Waals surface area contributed by atoms with Crippen molar-refractivity contribution in [2.24, 2.45) is 5.41 Å². The van der Waals surface area contributed by atoms with Gasteiger partial charge in [0.25, 0.3) is 0 Å². The fourth-order valence-corrected chi connectivity index (χ4v) is 6.22. The van der Waals surface area contributed by atoms with Crippen molar-refractivity contribution in [2.75, 3.05) is 0 Å². The van der Waals surface area contributed by atoms with Crippen LogP contribution in [0.5, 0.6) is 0 Å². The van der Waals surface area contributed by atoms with Gasteiger partial charge in [0, 0.05) is 14.8 Å². The lowest BCUT2D eigenvalue weighted by molar-refractivity contribution is 0.0375. The molecule has 2 heterocycles. The fourth-order valence-electron chi connectivity index (χ4n) is 5.09. The Kier molecular flexibility index (Phi) is 6.11. The van der Waals surface area contributed by atoms with Crippen molar-refractivity contribution in [3.63, 3.8) is 0 Å². The molecule has 0 radical (unpaired) electrons. The molecule has 35 heavy (non-hydrogen) atoms. The molecule has 1 aromatic heterocycles. The number of hydrogen-bond acceptors (Lipinski definition) is 2. The first kappa shape index (κ1) is 23.8. The fraction of sp³-hybridized carbons (Fsp3) is 0.250. The van der Waals surface area contributed by atoms with E-state index in [0.29, 0.717) is 0 Å². The van der Waals surface area contributed by atoms with Crippen LogP contribution in [0.2, 0.25) is 6.32 Å². The monoisotopic (exact) mass is 476 g/mol. The van der Waals surface area contributed by atoms with Gasteiger partial charge in [0.05, 0.1) is 5.60 Å². The molecule has 1 nitrogen and oxygen atoms in total. The van der Waals surface area contributed by atoms with Crippen LogP contribution in [0.1, 0.15) is 34.6 Å². The molecular formula is C32H33BOS. The zero-order valence-electron chi connectivity index (χ0n) is 21.4. The average Bonchev–Trinajstić information content (AvgIpc) is 3.30. The third-order valence-electron chi connectivity index (χ3n) is 7.73. The summed E-state index contributed by atoms with van der Waals surface area (Å²) in [7, 11) is 0. The van der Waals surface area contributed by atoms with Crippen molar-refractivity contribution in [3.8, 4) is 11.1 Å². The van der Waals surface area contributed by atoms with Crippen molar-refractivity contribution < 1.29 is 4.65 Å². The molecule has 5 aromatic rings. The molecule has 1 fully saturated rings. The molecule has 1 aliphatic rings. The Morgan fingerprint density at radius 3 is 2.31 bits per heavy atom. The molecule has 6 rings (SSSR count). The zero-order valence-corrected chi connectivity index (χ0v) is 22.2. The van der Waals surface area contributed by atoms with Crippen molar-refractivity contribution in [3.05, 3.63) is 91.5 Å². The molecule has 3 heteroatoms. The van der Waals surface area contributed by atoms with Crippen LogP contribution < -0.4 is 5.46 Å². The van der Waals surface area contributed by atoms with Gasteiger partial charge in [0.1, 0.15) is 0 Å². The van der Waals surface area contributed by atoms with E-state index >= 15 is 0 Å². The van der Waals surface area contributed by atoms with Crippen molar-refractivity contribution in [1.29, 1.82) is 0 Å². The molecule has 0 spiro atoms. The summed E-state index contributed by atoms with van der Waals surface area (Å²) in [5.74, 6) is 0. The Labute approximate surface area is 213 Å². The van der Waals surface area contributed by atoms with Gasteiger partial charge in [0.15, 0.2) is 0 Å². The standard InChI is InChI=1S/C29H27BOS.C3H6/c1-28(2)18-30(31-29(28,3)4)21-13-15-26-25(17-21)24-14-12-20(16-27(24)32-26)23-11-7-9-19-8-5-6-10-22(19)23;1-3-2/h5-17H,18H2,1-4H3;3H,1H2,2H3. The van der Waals surface area contributed by atoms with Gasteiger partial charge in [-0.3, -0.25) is 0 Å². The molecule has 4 aromatic carbocycles. The second-order valence-corrected chi connectivity index (χ2v) is 11.8. The smallest absolute Gasteiger partial charge is 0.327 e. The van der Waals surface area contributed by atoms with Gasteiger partial charge in [-0.2, -0.15) is 0 Å². The van der Waals surface area contributed by atoms with Crippen LogP contribution in [-0.2, 0) is 4.65 Å². The van der Waals surface area contributed by atoms with Gasteiger partial charge < -0.3 is 4.65 Å². The van der Waals surface area contributed by atoms with E-state index in [9.17, 15) is 0 Å². The van der Waals surface area contributed by atoms with E-state index in [1.807, 2.05) is 18.3 Å². The van der Waals surface area contributed by atoms with E-state index in [2.05, 4.69) is 113 Å². The Bertz CT molecular complexity index is 1520. The Morgan fingerprint density at radius 2 is 1.57 bits per heavy atom. The number of fused-ring (bicyclic) bond motifs is 4. The highest BCUT2D eigenvalue weighted by atomic mass is 32.1. The largest absolute Gasteiger partial charge is 0.426 e. The summed E-state index contributed by atoms with van der Waals surface area (Å²) in [6, 6.07) is 29.1. The lowest BCUT2D eigenvalue weighted by atomic mass is 9.54. The van der Waals surface area contributed by atoms with Crippen LogP contribution in [0.4, 0.5) is 0 Å². The molecule has 1 aliphatic heterocycles. The SMILES string of the molecule is C=CC.CC1(C)CB(c2ccc3sc4cc(-c5cccc6ccccc56)ccc4c3c2)OC1(C)C. The lowest BCUT2D eigenvalue weighted by Gasteiger charge is -2.34. The number of thiophene rings is 1. The van der Waals surface area contributed by atoms with Crippen LogP contribution in [0, 0.1) is 5.41 Å². The Hall–Kier alpha value is -2.88. The molecule has 176 valence electrons. The summed E-state index contributed by atoms with van der Waals surface area (Å²) >= 11 is 1.89. The second-order valence-electron chi connectivity index (χ2n) is 10.7. The lowest BCUT2D eigenvalue weighted by Crippen LogP contribution is -2.36. The highest BCUT2D eigenvalue weighted by molar-refractivity contribution is 7.25. The summed E-state index contributed by atoms with van der Waals surface area (Å²) in [4.78, 5) is 0. The minimum atomic E-state index is -0.114. The molecule has 0 N–H and O–H groups in total. The van der Waals surface area contributed by atoms with Crippen LogP contribution in [0.25, 0.3) is 42.1 Å². The van der Waals surface area contributed by atoms with Crippen LogP contribution in [-0.4, -0.2) is 12.5 Å². The molecule has 0 bridgehead atoms. The van der Waals surface area contributed by atoms with Gasteiger partial charge in [0.2, 0.25) is 0 Å². The average molecular weight is 476 g/mol. The quantitative estimate of drug-likeness (QED) is 0.182. The van der Waals surface area contributed by atoms with Crippen LogP contribution >= 0.6 is 11.3 Å². The summed E-state index contributed by atoms with van der Waals surface area (Å²) in [6.07, 6.45) is 2.80. The topological polar surface area (TPSA) is 9.23 Å². The Morgan fingerprint density at radius 1 is 0.829 bits per heavy atom. The molecular weight excluding hydrogens is 443 g/mol. The maximum absolute atomic E-state index is 6.51. The van der Waals surface area contributed by atoms with Gasteiger partial charge >= 0.3 is 6.92 Å². The molecule has 0 saturated carbocycles. The highest BCUT2D eigenvalue weighted by Gasteiger charge is 2.49. The normalized spacial score (nSPS) is 16.4. The third-order valence-corrected chi connectivity index (χ3v) is 8.86. The van der Waals surface area contributed by atoms with E-state index in [4.69, 9.17) is 4.65 Å². The number of hydrogen-bond donors (Lipinski definition) is 0. The predicted molar refractivity (Wildman–Crippen MR) is 157 cm³/mol. The van der Waals surface area contributed by atoms with E-state index in [-0.39, 0.29) is 17.9 Å². The molecule has 0 atom stereocenters. The van der Waals surface area contributed by atoms with Gasteiger partial charge in [-0.15, -0.1) is 17.9 Å². The summed E-state index contributed by atoms with van der Waals surface area (Å²) in [6.45, 7) is 14.5.